The van der Waals surface area contributed by atoms with E-state index in [-0.39, 0.29) is 12.8 Å². The first-order chi connectivity index (χ1) is 20.3. The largest absolute Gasteiger partial charge is 0.494 e. The highest BCUT2D eigenvalue weighted by molar-refractivity contribution is 5.92. The Hall–Kier alpha value is -4.66. The normalized spacial score (nSPS) is 10.5. The van der Waals surface area contributed by atoms with Crippen LogP contribution in [0.5, 0.6) is 17.2 Å². The van der Waals surface area contributed by atoms with Crippen molar-refractivity contribution in [1.29, 1.82) is 0 Å². The van der Waals surface area contributed by atoms with Crippen molar-refractivity contribution < 1.29 is 43.2 Å². The van der Waals surface area contributed by atoms with Gasteiger partial charge in [-0.1, -0.05) is 43.4 Å². The molecule has 0 radical (unpaired) electrons. The second-order valence-corrected chi connectivity index (χ2v) is 9.72. The molecule has 0 aromatic heterocycles. The minimum absolute atomic E-state index is 0.0897. The van der Waals surface area contributed by atoms with Crippen molar-refractivity contribution in [2.45, 2.75) is 58.3 Å². The second kappa shape index (κ2) is 17.2. The molecule has 0 atom stereocenters. The highest BCUT2D eigenvalue weighted by atomic mass is 16.5. The number of benzene rings is 3. The van der Waals surface area contributed by atoms with Crippen molar-refractivity contribution in [2.24, 2.45) is 0 Å². The SMILES string of the molecule is Cc1ccc(C(=O)Oc2ccc(OC(=O)c3ccc(OCCCCCCCCOC(=O)CCC(=O)O)cc3)cc2)cc1. The number of esters is 3. The van der Waals surface area contributed by atoms with Crippen molar-refractivity contribution in [3.63, 3.8) is 0 Å². The van der Waals surface area contributed by atoms with Crippen LogP contribution in [0.25, 0.3) is 0 Å². The first kappa shape index (κ1) is 31.9. The highest BCUT2D eigenvalue weighted by Crippen LogP contribution is 2.21. The Morgan fingerprint density at radius 3 is 1.55 bits per heavy atom. The van der Waals surface area contributed by atoms with Crippen LogP contribution in [0.15, 0.2) is 72.8 Å². The van der Waals surface area contributed by atoms with E-state index >= 15 is 0 Å². The summed E-state index contributed by atoms with van der Waals surface area (Å²) >= 11 is 0. The topological polar surface area (TPSA) is 125 Å². The van der Waals surface area contributed by atoms with Gasteiger partial charge in [0, 0.05) is 0 Å². The van der Waals surface area contributed by atoms with Crippen LogP contribution in [-0.4, -0.2) is 42.2 Å². The molecule has 9 heteroatoms. The fraction of sp³-hybridized carbons (Fsp3) is 0.333. The van der Waals surface area contributed by atoms with Crippen molar-refractivity contribution in [2.75, 3.05) is 13.2 Å². The Balaban J connectivity index is 1.27. The number of carboxylic acid groups (broad SMARTS) is 1. The van der Waals surface area contributed by atoms with Crippen LogP contribution in [0.4, 0.5) is 0 Å². The minimum Gasteiger partial charge on any atom is -0.494 e. The van der Waals surface area contributed by atoms with Crippen LogP contribution < -0.4 is 14.2 Å². The molecule has 222 valence electrons. The molecular formula is C33H36O9. The number of carbonyl (C=O) groups excluding carboxylic acids is 3. The lowest BCUT2D eigenvalue weighted by molar-refractivity contribution is -0.147. The van der Waals surface area contributed by atoms with Gasteiger partial charge in [-0.25, -0.2) is 9.59 Å². The van der Waals surface area contributed by atoms with E-state index in [2.05, 4.69) is 0 Å². The van der Waals surface area contributed by atoms with Crippen molar-refractivity contribution in [3.05, 3.63) is 89.5 Å². The van der Waals surface area contributed by atoms with Gasteiger partial charge in [0.25, 0.3) is 0 Å². The summed E-state index contributed by atoms with van der Waals surface area (Å²) in [6, 6.07) is 20.1. The molecule has 0 heterocycles. The predicted molar refractivity (Wildman–Crippen MR) is 155 cm³/mol. The van der Waals surface area contributed by atoms with E-state index in [1.165, 1.54) is 0 Å². The third-order valence-corrected chi connectivity index (χ3v) is 6.24. The summed E-state index contributed by atoms with van der Waals surface area (Å²) in [7, 11) is 0. The molecule has 0 fully saturated rings. The molecule has 0 amide bonds. The Morgan fingerprint density at radius 1 is 0.571 bits per heavy atom. The number of unbranched alkanes of at least 4 members (excludes halogenated alkanes) is 5. The molecule has 0 bridgehead atoms. The molecule has 0 aliphatic rings. The van der Waals surface area contributed by atoms with Crippen molar-refractivity contribution >= 4 is 23.9 Å². The standard InChI is InChI=1S/C33H36O9/c1-24-8-10-25(11-9-24)32(37)41-28-16-18-29(19-17-28)42-33(38)26-12-14-27(15-13-26)39-22-6-4-2-3-5-7-23-40-31(36)21-20-30(34)35/h8-19H,2-7,20-23H2,1H3,(H,34,35). The van der Waals surface area contributed by atoms with Gasteiger partial charge in [-0.3, -0.25) is 9.59 Å². The summed E-state index contributed by atoms with van der Waals surface area (Å²) in [5.74, 6) is -1.12. The molecule has 0 aliphatic heterocycles. The van der Waals surface area contributed by atoms with Crippen LogP contribution in [-0.2, 0) is 14.3 Å². The van der Waals surface area contributed by atoms with E-state index in [1.807, 2.05) is 19.1 Å². The Kier molecular flexibility index (Phi) is 13.1. The van der Waals surface area contributed by atoms with E-state index in [1.54, 1.807) is 60.7 Å². The van der Waals surface area contributed by atoms with Gasteiger partial charge < -0.3 is 24.1 Å². The molecule has 42 heavy (non-hydrogen) atoms. The molecule has 9 nitrogen and oxygen atoms in total. The van der Waals surface area contributed by atoms with Gasteiger partial charge in [-0.05, 0) is 80.4 Å². The highest BCUT2D eigenvalue weighted by Gasteiger charge is 2.11. The maximum Gasteiger partial charge on any atom is 0.343 e. The molecule has 3 rings (SSSR count). The maximum atomic E-state index is 12.5. The maximum absolute atomic E-state index is 12.5. The summed E-state index contributed by atoms with van der Waals surface area (Å²) in [4.78, 5) is 46.5. The molecule has 0 aliphatic carbocycles. The monoisotopic (exact) mass is 576 g/mol. The number of hydrogen-bond acceptors (Lipinski definition) is 8. The molecule has 0 saturated heterocycles. The van der Waals surface area contributed by atoms with Crippen LogP contribution in [0, 0.1) is 6.92 Å². The zero-order valence-electron chi connectivity index (χ0n) is 23.7. The smallest absolute Gasteiger partial charge is 0.343 e. The van der Waals surface area contributed by atoms with Crippen LogP contribution in [0.3, 0.4) is 0 Å². The molecule has 3 aromatic rings. The summed E-state index contributed by atoms with van der Waals surface area (Å²) in [6.07, 6.45) is 5.37. The third-order valence-electron chi connectivity index (χ3n) is 6.24. The number of rotatable bonds is 17. The van der Waals surface area contributed by atoms with Gasteiger partial charge in [-0.2, -0.15) is 0 Å². The number of ether oxygens (including phenoxy) is 4. The van der Waals surface area contributed by atoms with Crippen molar-refractivity contribution in [1.82, 2.24) is 0 Å². The number of carboxylic acids is 1. The summed E-state index contributed by atoms with van der Waals surface area (Å²) < 4.78 is 21.6. The molecular weight excluding hydrogens is 540 g/mol. The fourth-order valence-corrected chi connectivity index (χ4v) is 3.85. The Morgan fingerprint density at radius 2 is 1.02 bits per heavy atom. The quantitative estimate of drug-likeness (QED) is 0.108. The lowest BCUT2D eigenvalue weighted by atomic mass is 10.1. The molecule has 1 N–H and O–H groups in total. The fourth-order valence-electron chi connectivity index (χ4n) is 3.85. The van der Waals surface area contributed by atoms with Crippen LogP contribution in [0.1, 0.15) is 77.6 Å². The first-order valence-corrected chi connectivity index (χ1v) is 14.0. The van der Waals surface area contributed by atoms with Gasteiger partial charge >= 0.3 is 23.9 Å². The number of carbonyl (C=O) groups is 4. The Bertz CT molecular complexity index is 1300. The van der Waals surface area contributed by atoms with Gasteiger partial charge in [-0.15, -0.1) is 0 Å². The van der Waals surface area contributed by atoms with Gasteiger partial charge in [0.1, 0.15) is 17.2 Å². The van der Waals surface area contributed by atoms with Crippen LogP contribution >= 0.6 is 0 Å². The summed E-state index contributed by atoms with van der Waals surface area (Å²) in [5.41, 5.74) is 1.88. The molecule has 0 saturated carbocycles. The number of hydrogen-bond donors (Lipinski definition) is 1. The summed E-state index contributed by atoms with van der Waals surface area (Å²) in [5, 5.41) is 8.54. The average molecular weight is 577 g/mol. The van der Waals surface area contributed by atoms with E-state index in [0.29, 0.717) is 41.6 Å². The molecule has 0 unspecified atom stereocenters. The first-order valence-electron chi connectivity index (χ1n) is 14.0. The lowest BCUT2D eigenvalue weighted by Crippen LogP contribution is -2.09. The lowest BCUT2D eigenvalue weighted by Gasteiger charge is -2.09. The van der Waals surface area contributed by atoms with Gasteiger partial charge in [0.15, 0.2) is 0 Å². The van der Waals surface area contributed by atoms with Gasteiger partial charge in [0.05, 0.1) is 37.2 Å². The average Bonchev–Trinajstić information content (AvgIpc) is 2.98. The molecule has 0 spiro atoms. The Labute approximate surface area is 245 Å². The zero-order chi connectivity index (χ0) is 30.2. The summed E-state index contributed by atoms with van der Waals surface area (Å²) in [6.45, 7) is 2.82. The zero-order valence-corrected chi connectivity index (χ0v) is 23.7. The predicted octanol–water partition coefficient (Wildman–Crippen LogP) is 6.56. The van der Waals surface area contributed by atoms with E-state index in [9.17, 15) is 19.2 Å². The number of aryl methyl sites for hydroxylation is 1. The van der Waals surface area contributed by atoms with E-state index in [0.717, 1.165) is 44.1 Å². The van der Waals surface area contributed by atoms with Crippen LogP contribution in [0.2, 0.25) is 0 Å². The van der Waals surface area contributed by atoms with E-state index < -0.39 is 23.9 Å². The minimum atomic E-state index is -1.01. The third kappa shape index (κ3) is 11.8. The second-order valence-electron chi connectivity index (χ2n) is 9.72. The van der Waals surface area contributed by atoms with Crippen molar-refractivity contribution in [3.8, 4) is 17.2 Å². The van der Waals surface area contributed by atoms with E-state index in [4.69, 9.17) is 24.1 Å². The molecule has 3 aromatic carbocycles. The van der Waals surface area contributed by atoms with Gasteiger partial charge in [0.2, 0.25) is 0 Å². The number of aliphatic carboxylic acids is 1.